The van der Waals surface area contributed by atoms with Gasteiger partial charge < -0.3 is 4.42 Å². The number of oxazole rings is 1. The van der Waals surface area contributed by atoms with Crippen molar-refractivity contribution in [3.8, 4) is 56.4 Å². The van der Waals surface area contributed by atoms with E-state index in [0.717, 1.165) is 83.2 Å². The summed E-state index contributed by atoms with van der Waals surface area (Å²) >= 11 is 0. The SMILES string of the molecule is c1ccc(-c2nc3c(ccc4c(-c5ccc(-c6ccc(-c7cccc(-c8cccnc8)n7)cc6)cc5)nc5ccccc5c43)o2)cc1. The van der Waals surface area contributed by atoms with Crippen LogP contribution in [0.15, 0.2) is 162 Å². The highest BCUT2D eigenvalue weighted by atomic mass is 16.3. The highest BCUT2D eigenvalue weighted by Crippen LogP contribution is 2.38. The number of para-hydroxylation sites is 1. The first-order valence-corrected chi connectivity index (χ1v) is 15.5. The standard InChI is InChI=1S/C42H26N4O/c1-2-8-31(9-3-1)42-46-41-38(47-42)24-23-34-39(41)33-11-4-5-12-37(33)45-40(34)30-21-17-28(18-22-30)27-15-19-29(20-16-27)35-13-6-14-36(44-35)32-10-7-25-43-26-32/h1-26H. The van der Waals surface area contributed by atoms with E-state index in [4.69, 9.17) is 19.4 Å². The van der Waals surface area contributed by atoms with Crippen LogP contribution in [0.25, 0.3) is 89.1 Å². The molecule has 0 atom stereocenters. The Hall–Kier alpha value is -6.46. The normalized spacial score (nSPS) is 11.4. The number of rotatable bonds is 5. The van der Waals surface area contributed by atoms with Gasteiger partial charge in [-0.1, -0.05) is 91.0 Å². The van der Waals surface area contributed by atoms with E-state index >= 15 is 0 Å². The summed E-state index contributed by atoms with van der Waals surface area (Å²) in [6.45, 7) is 0. The third-order valence-corrected chi connectivity index (χ3v) is 8.62. The van der Waals surface area contributed by atoms with Crippen molar-refractivity contribution in [3.05, 3.63) is 158 Å². The average Bonchev–Trinajstić information content (AvgIpc) is 3.60. The summed E-state index contributed by atoms with van der Waals surface area (Å²) in [6, 6.07) is 49.6. The third-order valence-electron chi connectivity index (χ3n) is 8.62. The second-order valence-electron chi connectivity index (χ2n) is 11.5. The van der Waals surface area contributed by atoms with E-state index in [2.05, 4.69) is 71.7 Å². The number of pyridine rings is 3. The van der Waals surface area contributed by atoms with Gasteiger partial charge in [0.05, 0.1) is 22.6 Å². The number of fused-ring (bicyclic) bond motifs is 5. The molecule has 0 radical (unpaired) electrons. The molecule has 0 bridgehead atoms. The van der Waals surface area contributed by atoms with Crippen molar-refractivity contribution >= 4 is 32.8 Å². The van der Waals surface area contributed by atoms with Gasteiger partial charge in [-0.25, -0.2) is 15.0 Å². The molecular weight excluding hydrogens is 576 g/mol. The predicted molar refractivity (Wildman–Crippen MR) is 190 cm³/mol. The van der Waals surface area contributed by atoms with E-state index in [1.165, 1.54) is 0 Å². The maximum atomic E-state index is 6.25. The second-order valence-corrected chi connectivity index (χ2v) is 11.5. The fourth-order valence-corrected chi connectivity index (χ4v) is 6.28. The van der Waals surface area contributed by atoms with E-state index in [1.807, 2.05) is 85.1 Å². The van der Waals surface area contributed by atoms with Gasteiger partial charge in [0.25, 0.3) is 0 Å². The summed E-state index contributed by atoms with van der Waals surface area (Å²) in [4.78, 5) is 19.3. The largest absolute Gasteiger partial charge is 0.436 e. The number of nitrogens with zero attached hydrogens (tertiary/aromatic N) is 4. The summed E-state index contributed by atoms with van der Waals surface area (Å²) in [5.41, 5.74) is 11.6. The monoisotopic (exact) mass is 602 g/mol. The Morgan fingerprint density at radius 3 is 1.87 bits per heavy atom. The molecule has 4 aromatic heterocycles. The quantitative estimate of drug-likeness (QED) is 0.183. The van der Waals surface area contributed by atoms with E-state index in [-0.39, 0.29) is 0 Å². The molecule has 0 unspecified atom stereocenters. The van der Waals surface area contributed by atoms with Crippen LogP contribution < -0.4 is 0 Å². The molecule has 0 spiro atoms. The van der Waals surface area contributed by atoms with Crippen LogP contribution in [0.3, 0.4) is 0 Å². The first-order valence-electron chi connectivity index (χ1n) is 15.5. The Kier molecular flexibility index (Phi) is 6.39. The zero-order valence-corrected chi connectivity index (χ0v) is 25.2. The van der Waals surface area contributed by atoms with E-state index in [1.54, 1.807) is 6.20 Å². The number of benzene rings is 5. The molecule has 0 saturated heterocycles. The van der Waals surface area contributed by atoms with Crippen LogP contribution >= 0.6 is 0 Å². The summed E-state index contributed by atoms with van der Waals surface area (Å²) in [5.74, 6) is 0.614. The van der Waals surface area contributed by atoms with Gasteiger partial charge in [0.1, 0.15) is 5.52 Å². The van der Waals surface area contributed by atoms with Crippen LogP contribution in [-0.4, -0.2) is 19.9 Å². The Balaban J connectivity index is 1.08. The van der Waals surface area contributed by atoms with Crippen molar-refractivity contribution in [1.29, 1.82) is 0 Å². The Morgan fingerprint density at radius 1 is 0.426 bits per heavy atom. The van der Waals surface area contributed by atoms with Crippen LogP contribution in [0.1, 0.15) is 0 Å². The van der Waals surface area contributed by atoms with Gasteiger partial charge in [0.2, 0.25) is 5.89 Å². The molecule has 5 heteroatoms. The molecule has 0 aliphatic rings. The minimum Gasteiger partial charge on any atom is -0.436 e. The van der Waals surface area contributed by atoms with E-state index in [0.29, 0.717) is 5.89 Å². The van der Waals surface area contributed by atoms with Crippen LogP contribution in [0.2, 0.25) is 0 Å². The van der Waals surface area contributed by atoms with Crippen molar-refractivity contribution in [2.24, 2.45) is 0 Å². The first-order chi connectivity index (χ1) is 23.3. The molecule has 9 aromatic rings. The van der Waals surface area contributed by atoms with Gasteiger partial charge in [-0.2, -0.15) is 0 Å². The van der Waals surface area contributed by atoms with Crippen molar-refractivity contribution in [2.75, 3.05) is 0 Å². The van der Waals surface area contributed by atoms with Crippen molar-refractivity contribution in [2.45, 2.75) is 0 Å². The maximum Gasteiger partial charge on any atom is 0.227 e. The molecule has 0 N–H and O–H groups in total. The number of aromatic nitrogens is 4. The number of hydrogen-bond donors (Lipinski definition) is 0. The average molecular weight is 603 g/mol. The molecule has 47 heavy (non-hydrogen) atoms. The van der Waals surface area contributed by atoms with Crippen molar-refractivity contribution in [3.63, 3.8) is 0 Å². The molecular formula is C42H26N4O. The molecule has 5 aromatic carbocycles. The lowest BCUT2D eigenvalue weighted by molar-refractivity contribution is 0.620. The van der Waals surface area contributed by atoms with Crippen LogP contribution in [0, 0.1) is 0 Å². The maximum absolute atomic E-state index is 6.25. The zero-order valence-electron chi connectivity index (χ0n) is 25.2. The zero-order chi connectivity index (χ0) is 31.2. The lowest BCUT2D eigenvalue weighted by Gasteiger charge is -2.11. The molecule has 9 rings (SSSR count). The molecule has 220 valence electrons. The van der Waals surface area contributed by atoms with Crippen LogP contribution in [-0.2, 0) is 0 Å². The van der Waals surface area contributed by atoms with E-state index < -0.39 is 0 Å². The molecule has 5 nitrogen and oxygen atoms in total. The highest BCUT2D eigenvalue weighted by molar-refractivity contribution is 6.20. The smallest absolute Gasteiger partial charge is 0.227 e. The predicted octanol–water partition coefficient (Wildman–Crippen LogP) is 10.7. The second kappa shape index (κ2) is 11.2. The Labute approximate surface area is 270 Å². The fraction of sp³-hybridized carbons (Fsp3) is 0. The molecule has 0 amide bonds. The fourth-order valence-electron chi connectivity index (χ4n) is 6.28. The first kappa shape index (κ1) is 26.9. The van der Waals surface area contributed by atoms with Crippen molar-refractivity contribution in [1.82, 2.24) is 19.9 Å². The minimum absolute atomic E-state index is 0.614. The van der Waals surface area contributed by atoms with Crippen LogP contribution in [0.4, 0.5) is 0 Å². The Morgan fingerprint density at radius 2 is 1.11 bits per heavy atom. The molecule has 0 aliphatic heterocycles. The molecule has 0 fully saturated rings. The Bertz CT molecular complexity index is 2540. The van der Waals surface area contributed by atoms with E-state index in [9.17, 15) is 0 Å². The van der Waals surface area contributed by atoms with Gasteiger partial charge in [-0.15, -0.1) is 0 Å². The lowest BCUT2D eigenvalue weighted by atomic mass is 9.97. The van der Waals surface area contributed by atoms with Gasteiger partial charge in [-0.3, -0.25) is 4.98 Å². The summed E-state index contributed by atoms with van der Waals surface area (Å²) in [6.07, 6.45) is 3.61. The topological polar surface area (TPSA) is 64.7 Å². The van der Waals surface area contributed by atoms with Gasteiger partial charge in [0.15, 0.2) is 5.58 Å². The van der Waals surface area contributed by atoms with Gasteiger partial charge in [-0.05, 0) is 65.7 Å². The van der Waals surface area contributed by atoms with Gasteiger partial charge >= 0.3 is 0 Å². The summed E-state index contributed by atoms with van der Waals surface area (Å²) < 4.78 is 6.25. The molecule has 4 heterocycles. The van der Waals surface area contributed by atoms with Gasteiger partial charge in [0, 0.05) is 50.8 Å². The van der Waals surface area contributed by atoms with Crippen molar-refractivity contribution < 1.29 is 4.42 Å². The minimum atomic E-state index is 0.614. The summed E-state index contributed by atoms with van der Waals surface area (Å²) in [5, 5.41) is 3.15. The molecule has 0 aliphatic carbocycles. The summed E-state index contributed by atoms with van der Waals surface area (Å²) in [7, 11) is 0. The number of hydrogen-bond acceptors (Lipinski definition) is 5. The molecule has 0 saturated carbocycles. The lowest BCUT2D eigenvalue weighted by Crippen LogP contribution is -1.91. The highest BCUT2D eigenvalue weighted by Gasteiger charge is 2.17. The third kappa shape index (κ3) is 4.82. The van der Waals surface area contributed by atoms with Crippen LogP contribution in [0.5, 0.6) is 0 Å².